The van der Waals surface area contributed by atoms with Gasteiger partial charge in [0, 0.05) is 29.3 Å². The van der Waals surface area contributed by atoms with E-state index in [0.29, 0.717) is 40.2 Å². The summed E-state index contributed by atoms with van der Waals surface area (Å²) < 4.78 is 33.8. The molecule has 1 aliphatic carbocycles. The molecule has 0 atom stereocenters. The number of nitrogens with one attached hydrogen (secondary N) is 1. The van der Waals surface area contributed by atoms with Crippen LogP contribution in [0.1, 0.15) is 34.3 Å². The molecule has 1 aliphatic rings. The Labute approximate surface area is 242 Å². The van der Waals surface area contributed by atoms with Gasteiger partial charge in [-0.3, -0.25) is 9.59 Å². The van der Waals surface area contributed by atoms with Crippen LogP contribution in [0.5, 0.6) is 5.75 Å². The van der Waals surface area contributed by atoms with Gasteiger partial charge in [-0.15, -0.1) is 0 Å². The Morgan fingerprint density at radius 1 is 0.925 bits per heavy atom. The van der Waals surface area contributed by atoms with Crippen LogP contribution in [0.15, 0.2) is 71.8 Å². The number of Topliss-reactive ketones (excluding diaryl/α,β-unsaturated/α-hetero) is 1. The van der Waals surface area contributed by atoms with E-state index < -0.39 is 17.7 Å². The van der Waals surface area contributed by atoms with Crippen molar-refractivity contribution in [3.63, 3.8) is 0 Å². The average molecular weight is 585 g/mol. The highest BCUT2D eigenvalue weighted by molar-refractivity contribution is 6.31. The molecule has 1 amide bonds. The number of hydrogen-bond donors (Lipinski definition) is 1. The maximum absolute atomic E-state index is 14.1. The number of halogens is 4. The molecular weight excluding hydrogens is 557 g/mol. The zero-order valence-corrected chi connectivity index (χ0v) is 23.5. The van der Waals surface area contributed by atoms with Crippen LogP contribution in [0.25, 0.3) is 12.2 Å². The molecule has 3 aromatic carbocycles. The predicted octanol–water partition coefficient (Wildman–Crippen LogP) is 6.84. The highest BCUT2D eigenvalue weighted by Crippen LogP contribution is 2.30. The lowest BCUT2D eigenvalue weighted by molar-refractivity contribution is -0.113. The second-order valence-electron chi connectivity index (χ2n) is 9.77. The van der Waals surface area contributed by atoms with Gasteiger partial charge in [0.15, 0.2) is 5.78 Å². The molecule has 9 heteroatoms. The topological polar surface area (TPSA) is 58.6 Å². The monoisotopic (exact) mass is 584 g/mol. The van der Waals surface area contributed by atoms with Crippen molar-refractivity contribution in [3.8, 4) is 5.75 Å². The van der Waals surface area contributed by atoms with Gasteiger partial charge < -0.3 is 15.0 Å². The lowest BCUT2D eigenvalue weighted by Crippen LogP contribution is -2.39. The smallest absolute Gasteiger partial charge is 0.251 e. The van der Waals surface area contributed by atoms with Crippen molar-refractivity contribution in [3.05, 3.63) is 110 Å². The molecule has 4 rings (SSSR count). The van der Waals surface area contributed by atoms with Crippen molar-refractivity contribution in [2.45, 2.75) is 18.9 Å². The quantitative estimate of drug-likeness (QED) is 0.294. The van der Waals surface area contributed by atoms with Gasteiger partial charge >= 0.3 is 0 Å². The van der Waals surface area contributed by atoms with E-state index in [1.807, 2.05) is 19.0 Å². The van der Waals surface area contributed by atoms with Crippen LogP contribution in [0.3, 0.4) is 0 Å². The number of likely N-dealkylation sites (N-methyl/N-ethyl adjacent to an activating group) is 1. The third kappa shape index (κ3) is 7.78. The predicted molar refractivity (Wildman–Crippen MR) is 155 cm³/mol. The number of benzene rings is 3. The van der Waals surface area contributed by atoms with Crippen molar-refractivity contribution in [2.24, 2.45) is 0 Å². The average Bonchev–Trinajstić information content (AvgIpc) is 2.91. The van der Waals surface area contributed by atoms with Crippen LogP contribution in [0.4, 0.5) is 8.78 Å². The summed E-state index contributed by atoms with van der Waals surface area (Å²) >= 11 is 11.6. The van der Waals surface area contributed by atoms with E-state index in [4.69, 9.17) is 27.9 Å². The number of ketones is 1. The summed E-state index contributed by atoms with van der Waals surface area (Å²) in [5.41, 5.74) is 2.11. The van der Waals surface area contributed by atoms with Gasteiger partial charge in [-0.1, -0.05) is 35.3 Å². The SMILES string of the molecule is CN(C)CCOc1ccc(C(=O)NC2CC(=Cc3ccc(Cl)c(F)c3)C(=O)C(=Cc3ccc(Cl)c(F)c3)C2)cc1. The van der Waals surface area contributed by atoms with Crippen molar-refractivity contribution in [1.29, 1.82) is 0 Å². The minimum Gasteiger partial charge on any atom is -0.492 e. The van der Waals surface area contributed by atoms with Gasteiger partial charge in [0.25, 0.3) is 5.91 Å². The summed E-state index contributed by atoms with van der Waals surface area (Å²) in [5, 5.41) is 2.94. The Morgan fingerprint density at radius 2 is 1.45 bits per heavy atom. The number of carbonyl (C=O) groups excluding carboxylic acids is 2. The van der Waals surface area contributed by atoms with Crippen LogP contribution in [-0.4, -0.2) is 49.9 Å². The molecule has 40 heavy (non-hydrogen) atoms. The number of rotatable bonds is 8. The van der Waals surface area contributed by atoms with Crippen LogP contribution in [0.2, 0.25) is 10.0 Å². The fourth-order valence-electron chi connectivity index (χ4n) is 4.27. The Hall–Kier alpha value is -3.52. The largest absolute Gasteiger partial charge is 0.492 e. The zero-order chi connectivity index (χ0) is 28.8. The Morgan fingerprint density at radius 3 is 1.93 bits per heavy atom. The highest BCUT2D eigenvalue weighted by Gasteiger charge is 2.29. The number of carbonyl (C=O) groups is 2. The summed E-state index contributed by atoms with van der Waals surface area (Å²) in [4.78, 5) is 28.5. The Balaban J connectivity index is 1.57. The fraction of sp³-hybridized carbons (Fsp3) is 0.226. The molecule has 0 aliphatic heterocycles. The molecule has 0 aromatic heterocycles. The number of amides is 1. The minimum atomic E-state index is -0.606. The summed E-state index contributed by atoms with van der Waals surface area (Å²) in [6.07, 6.45) is 3.62. The van der Waals surface area contributed by atoms with E-state index in [1.165, 1.54) is 24.3 Å². The first-order valence-corrected chi connectivity index (χ1v) is 13.4. The van der Waals surface area contributed by atoms with Crippen molar-refractivity contribution >= 4 is 47.0 Å². The third-order valence-electron chi connectivity index (χ3n) is 6.34. The second-order valence-corrected chi connectivity index (χ2v) is 10.6. The first-order valence-electron chi connectivity index (χ1n) is 12.6. The molecule has 1 fully saturated rings. The first-order chi connectivity index (χ1) is 19.1. The van der Waals surface area contributed by atoms with E-state index in [0.717, 1.165) is 6.54 Å². The van der Waals surface area contributed by atoms with E-state index in [2.05, 4.69) is 5.32 Å². The van der Waals surface area contributed by atoms with Gasteiger partial charge in [-0.05, 0) is 98.7 Å². The lowest BCUT2D eigenvalue weighted by atomic mass is 9.83. The molecule has 1 saturated carbocycles. The maximum atomic E-state index is 14.1. The van der Waals surface area contributed by atoms with E-state index in [1.54, 1.807) is 48.6 Å². The van der Waals surface area contributed by atoms with Crippen molar-refractivity contribution in [1.82, 2.24) is 10.2 Å². The Kier molecular flexibility index (Phi) is 9.74. The lowest BCUT2D eigenvalue weighted by Gasteiger charge is -2.27. The van der Waals surface area contributed by atoms with Crippen LogP contribution in [-0.2, 0) is 4.79 Å². The van der Waals surface area contributed by atoms with Gasteiger partial charge in [0.2, 0.25) is 0 Å². The molecule has 0 radical (unpaired) electrons. The summed E-state index contributed by atoms with van der Waals surface area (Å²) in [6.45, 7) is 1.29. The normalized spacial score (nSPS) is 17.5. The molecule has 1 N–H and O–H groups in total. The first kappa shape index (κ1) is 29.5. The summed E-state index contributed by atoms with van der Waals surface area (Å²) in [5.74, 6) is -1.14. The molecule has 0 saturated heterocycles. The minimum absolute atomic E-state index is 0.0262. The van der Waals surface area contributed by atoms with Crippen LogP contribution in [0, 0.1) is 11.6 Å². The Bertz CT molecular complexity index is 1400. The van der Waals surface area contributed by atoms with E-state index in [-0.39, 0.29) is 34.6 Å². The molecule has 0 bridgehead atoms. The number of ether oxygens (including phenoxy) is 1. The maximum Gasteiger partial charge on any atom is 0.251 e. The molecule has 0 unspecified atom stereocenters. The van der Waals surface area contributed by atoms with E-state index in [9.17, 15) is 18.4 Å². The molecule has 3 aromatic rings. The molecule has 0 spiro atoms. The number of hydrogen-bond acceptors (Lipinski definition) is 4. The number of nitrogens with zero attached hydrogens (tertiary/aromatic N) is 1. The van der Waals surface area contributed by atoms with Gasteiger partial charge in [0.1, 0.15) is 24.0 Å². The standard InChI is InChI=1S/C31H28Cl2F2N2O3/c1-37(2)11-12-40-25-7-5-21(6-8-25)31(39)36-24-17-22(13-19-3-9-26(32)28(34)15-19)30(38)23(18-24)14-20-4-10-27(33)29(35)16-20/h3-10,13-16,24H,11-12,17-18H2,1-2H3,(H,36,39). The molecular formula is C31H28Cl2F2N2O3. The van der Waals surface area contributed by atoms with E-state index >= 15 is 0 Å². The van der Waals surface area contributed by atoms with Gasteiger partial charge in [0.05, 0.1) is 10.0 Å². The molecule has 5 nitrogen and oxygen atoms in total. The van der Waals surface area contributed by atoms with Crippen LogP contribution < -0.4 is 10.1 Å². The highest BCUT2D eigenvalue weighted by atomic mass is 35.5. The van der Waals surface area contributed by atoms with Crippen molar-refractivity contribution in [2.75, 3.05) is 27.2 Å². The second kappa shape index (κ2) is 13.2. The molecule has 208 valence electrons. The van der Waals surface area contributed by atoms with Gasteiger partial charge in [-0.2, -0.15) is 0 Å². The third-order valence-corrected chi connectivity index (χ3v) is 6.96. The van der Waals surface area contributed by atoms with Gasteiger partial charge in [-0.25, -0.2) is 8.78 Å². The van der Waals surface area contributed by atoms with Crippen molar-refractivity contribution < 1.29 is 23.1 Å². The van der Waals surface area contributed by atoms with Crippen LogP contribution >= 0.6 is 23.2 Å². The fourth-order valence-corrected chi connectivity index (χ4v) is 4.50. The zero-order valence-electron chi connectivity index (χ0n) is 22.0. The molecule has 0 heterocycles. The summed E-state index contributed by atoms with van der Waals surface area (Å²) in [7, 11) is 3.91. The summed E-state index contributed by atoms with van der Waals surface area (Å²) in [6, 6.07) is 14.9.